The van der Waals surface area contributed by atoms with Crippen LogP contribution in [-0.4, -0.2) is 17.9 Å². The molecule has 0 radical (unpaired) electrons. The number of hydrogen-bond donors (Lipinski definition) is 2. The molecule has 0 aromatic heterocycles. The van der Waals surface area contributed by atoms with Crippen LogP contribution in [-0.2, 0) is 9.59 Å². The van der Waals surface area contributed by atoms with E-state index < -0.39 is 11.9 Å². The van der Waals surface area contributed by atoms with Crippen LogP contribution in [0.5, 0.6) is 0 Å². The molecule has 1 rings (SSSR count). The van der Waals surface area contributed by atoms with Crippen molar-refractivity contribution >= 4 is 11.8 Å². The highest BCUT2D eigenvalue weighted by atomic mass is 16.2. The van der Waals surface area contributed by atoms with E-state index in [4.69, 9.17) is 5.73 Å². The Hall–Kier alpha value is -1.32. The molecule has 3 N–H and O–H groups in total. The van der Waals surface area contributed by atoms with Crippen molar-refractivity contribution in [3.8, 4) is 0 Å². The van der Waals surface area contributed by atoms with E-state index in [0.29, 0.717) is 0 Å². The number of rotatable bonds is 1. The molecule has 1 aliphatic heterocycles. The van der Waals surface area contributed by atoms with E-state index in [1.54, 1.807) is 0 Å². The third-order valence-electron chi connectivity index (χ3n) is 1.04. The Balaban J connectivity index is 2.60. The fourth-order valence-corrected chi connectivity index (χ4v) is 0.599. The van der Waals surface area contributed by atoms with Gasteiger partial charge in [0.05, 0.1) is 0 Å². The topological polar surface area (TPSA) is 72.2 Å². The van der Waals surface area contributed by atoms with Crippen LogP contribution < -0.4 is 11.1 Å². The highest BCUT2D eigenvalue weighted by Gasteiger charge is 2.18. The zero-order valence-electron chi connectivity index (χ0n) is 4.63. The standard InChI is InChI=1S/C5H6N2O2/c6-5(9)3-1-2-4(8)7-3/h1-3H,(H2,6,9)(H,7,8). The quantitative estimate of drug-likeness (QED) is 0.450. The average Bonchev–Trinajstić information content (AvgIpc) is 2.14. The average molecular weight is 126 g/mol. The van der Waals surface area contributed by atoms with Crippen molar-refractivity contribution in [2.24, 2.45) is 5.73 Å². The molecule has 0 bridgehead atoms. The van der Waals surface area contributed by atoms with Crippen LogP contribution in [0.1, 0.15) is 0 Å². The second-order valence-electron chi connectivity index (χ2n) is 1.75. The van der Waals surface area contributed by atoms with Gasteiger partial charge in [0, 0.05) is 6.08 Å². The van der Waals surface area contributed by atoms with E-state index in [1.165, 1.54) is 12.2 Å². The molecule has 1 aliphatic rings. The second kappa shape index (κ2) is 1.89. The van der Waals surface area contributed by atoms with Gasteiger partial charge in [0.1, 0.15) is 6.04 Å². The number of primary amides is 1. The van der Waals surface area contributed by atoms with Crippen LogP contribution in [0.4, 0.5) is 0 Å². The van der Waals surface area contributed by atoms with Gasteiger partial charge in [0.25, 0.3) is 0 Å². The number of amides is 2. The Morgan fingerprint density at radius 2 is 2.44 bits per heavy atom. The Morgan fingerprint density at radius 3 is 2.67 bits per heavy atom. The third-order valence-corrected chi connectivity index (χ3v) is 1.04. The molecule has 4 heteroatoms. The minimum Gasteiger partial charge on any atom is -0.368 e. The van der Waals surface area contributed by atoms with Gasteiger partial charge in [-0.1, -0.05) is 0 Å². The Kier molecular flexibility index (Phi) is 1.22. The Labute approximate surface area is 51.7 Å². The molecule has 9 heavy (non-hydrogen) atoms. The van der Waals surface area contributed by atoms with E-state index in [2.05, 4.69) is 5.32 Å². The van der Waals surface area contributed by atoms with Crippen LogP contribution >= 0.6 is 0 Å². The van der Waals surface area contributed by atoms with Gasteiger partial charge in [-0.25, -0.2) is 0 Å². The summed E-state index contributed by atoms with van der Waals surface area (Å²) < 4.78 is 0. The zero-order chi connectivity index (χ0) is 6.85. The summed E-state index contributed by atoms with van der Waals surface area (Å²) in [6, 6.07) is -0.600. The lowest BCUT2D eigenvalue weighted by molar-refractivity contribution is -0.122. The molecule has 0 aromatic rings. The summed E-state index contributed by atoms with van der Waals surface area (Å²) in [6.07, 6.45) is 2.72. The molecule has 48 valence electrons. The molecule has 2 amide bonds. The summed E-state index contributed by atoms with van der Waals surface area (Å²) in [6.45, 7) is 0. The van der Waals surface area contributed by atoms with E-state index in [-0.39, 0.29) is 5.91 Å². The lowest BCUT2D eigenvalue weighted by Gasteiger charge is -2.00. The molecule has 1 atom stereocenters. The first-order chi connectivity index (χ1) is 4.20. The maximum atomic E-state index is 10.4. The fraction of sp³-hybridized carbons (Fsp3) is 0.200. The molecule has 4 nitrogen and oxygen atoms in total. The van der Waals surface area contributed by atoms with Gasteiger partial charge >= 0.3 is 0 Å². The number of carbonyl (C=O) groups excluding carboxylic acids is 2. The Bertz CT molecular complexity index is 185. The van der Waals surface area contributed by atoms with Crippen LogP contribution in [0.3, 0.4) is 0 Å². The number of carbonyl (C=O) groups is 2. The monoisotopic (exact) mass is 126 g/mol. The molecule has 0 saturated heterocycles. The summed E-state index contributed by atoms with van der Waals surface area (Å²) >= 11 is 0. The lowest BCUT2D eigenvalue weighted by Crippen LogP contribution is -2.38. The van der Waals surface area contributed by atoms with E-state index >= 15 is 0 Å². The number of nitrogens with one attached hydrogen (secondary N) is 1. The van der Waals surface area contributed by atoms with Crippen molar-refractivity contribution in [2.75, 3.05) is 0 Å². The molecule has 0 saturated carbocycles. The van der Waals surface area contributed by atoms with Crippen LogP contribution in [0.25, 0.3) is 0 Å². The lowest BCUT2D eigenvalue weighted by atomic mass is 10.3. The molecule has 0 spiro atoms. The van der Waals surface area contributed by atoms with Crippen LogP contribution in [0.15, 0.2) is 12.2 Å². The molecule has 0 aliphatic carbocycles. The minimum absolute atomic E-state index is 0.265. The fourth-order valence-electron chi connectivity index (χ4n) is 0.599. The minimum atomic E-state index is -0.600. The highest BCUT2D eigenvalue weighted by molar-refractivity contribution is 5.97. The first-order valence-electron chi connectivity index (χ1n) is 2.48. The van der Waals surface area contributed by atoms with Gasteiger partial charge < -0.3 is 11.1 Å². The zero-order valence-corrected chi connectivity index (χ0v) is 4.63. The summed E-state index contributed by atoms with van der Waals surface area (Å²) in [5.74, 6) is -0.795. The van der Waals surface area contributed by atoms with E-state index in [1.807, 2.05) is 0 Å². The predicted octanol–water partition coefficient (Wildman–Crippen LogP) is -1.47. The first-order valence-corrected chi connectivity index (χ1v) is 2.48. The predicted molar refractivity (Wildman–Crippen MR) is 30.3 cm³/mol. The first kappa shape index (κ1) is 5.81. The smallest absolute Gasteiger partial charge is 0.244 e. The van der Waals surface area contributed by atoms with Gasteiger partial charge in [-0.2, -0.15) is 0 Å². The summed E-state index contributed by atoms with van der Waals surface area (Å²) in [7, 11) is 0. The van der Waals surface area contributed by atoms with Crippen molar-refractivity contribution in [1.29, 1.82) is 0 Å². The van der Waals surface area contributed by atoms with Crippen molar-refractivity contribution in [3.05, 3.63) is 12.2 Å². The van der Waals surface area contributed by atoms with E-state index in [0.717, 1.165) is 0 Å². The van der Waals surface area contributed by atoms with Gasteiger partial charge in [0.2, 0.25) is 11.8 Å². The van der Waals surface area contributed by atoms with Crippen molar-refractivity contribution < 1.29 is 9.59 Å². The number of nitrogens with two attached hydrogens (primary N) is 1. The maximum absolute atomic E-state index is 10.4. The van der Waals surface area contributed by atoms with Crippen LogP contribution in [0, 0.1) is 0 Å². The van der Waals surface area contributed by atoms with Gasteiger partial charge in [-0.3, -0.25) is 9.59 Å². The van der Waals surface area contributed by atoms with Crippen molar-refractivity contribution in [3.63, 3.8) is 0 Å². The Morgan fingerprint density at radius 1 is 1.78 bits per heavy atom. The second-order valence-corrected chi connectivity index (χ2v) is 1.75. The molecular weight excluding hydrogens is 120 g/mol. The summed E-state index contributed by atoms with van der Waals surface area (Å²) in [4.78, 5) is 20.7. The van der Waals surface area contributed by atoms with Gasteiger partial charge in [-0.15, -0.1) is 0 Å². The largest absolute Gasteiger partial charge is 0.368 e. The highest BCUT2D eigenvalue weighted by Crippen LogP contribution is 1.93. The van der Waals surface area contributed by atoms with Crippen molar-refractivity contribution in [1.82, 2.24) is 5.32 Å². The molecule has 1 unspecified atom stereocenters. The maximum Gasteiger partial charge on any atom is 0.244 e. The van der Waals surface area contributed by atoms with Crippen LogP contribution in [0.2, 0.25) is 0 Å². The van der Waals surface area contributed by atoms with Gasteiger partial charge in [0.15, 0.2) is 0 Å². The molecule has 1 heterocycles. The van der Waals surface area contributed by atoms with Crippen molar-refractivity contribution in [2.45, 2.75) is 6.04 Å². The molecule has 0 aromatic carbocycles. The van der Waals surface area contributed by atoms with Gasteiger partial charge in [-0.05, 0) is 6.08 Å². The third kappa shape index (κ3) is 1.07. The normalized spacial score (nSPS) is 24.0. The molecular formula is C5H6N2O2. The number of hydrogen-bond acceptors (Lipinski definition) is 2. The SMILES string of the molecule is NC(=O)C1C=CC(=O)N1. The summed E-state index contributed by atoms with van der Waals surface area (Å²) in [5, 5.41) is 2.33. The summed E-state index contributed by atoms with van der Waals surface area (Å²) in [5.41, 5.74) is 4.86. The van der Waals surface area contributed by atoms with E-state index in [9.17, 15) is 9.59 Å². The molecule has 0 fully saturated rings.